The molecule has 1 rings (SSSR count). The molecule has 0 fully saturated rings. The minimum Gasteiger partial charge on any atom is -0.481 e. The minimum atomic E-state index is -0.788. The zero-order valence-electron chi connectivity index (χ0n) is 12.8. The van der Waals surface area contributed by atoms with E-state index in [1.54, 1.807) is 13.8 Å². The van der Waals surface area contributed by atoms with Crippen LogP contribution < -0.4 is 5.32 Å². The number of carboxylic acids is 1. The zero-order valence-corrected chi connectivity index (χ0v) is 12.8. The Balaban J connectivity index is 2.85. The van der Waals surface area contributed by atoms with E-state index >= 15 is 0 Å². The molecule has 0 aromatic heterocycles. The molecule has 0 unspecified atom stereocenters. The topological polar surface area (TPSA) is 49.3 Å². The highest BCUT2D eigenvalue weighted by Crippen LogP contribution is 2.27. The van der Waals surface area contributed by atoms with Gasteiger partial charge in [0.05, 0.1) is 5.41 Å². The van der Waals surface area contributed by atoms with Gasteiger partial charge in [0.1, 0.15) is 0 Å². The van der Waals surface area contributed by atoms with E-state index in [-0.39, 0.29) is 5.41 Å². The van der Waals surface area contributed by atoms with Crippen LogP contribution in [0.2, 0.25) is 0 Å². The van der Waals surface area contributed by atoms with E-state index in [2.05, 4.69) is 38.2 Å². The normalized spacial score (nSPS) is 12.3. The minimum absolute atomic E-state index is 0.129. The molecule has 2 N–H and O–H groups in total. The molecule has 0 saturated carbocycles. The summed E-state index contributed by atoms with van der Waals surface area (Å²) in [6.07, 6.45) is 0. The van der Waals surface area contributed by atoms with E-state index in [9.17, 15) is 4.79 Å². The number of hydrogen-bond donors (Lipinski definition) is 2. The van der Waals surface area contributed by atoms with Crippen LogP contribution in [0.15, 0.2) is 18.2 Å². The average Bonchev–Trinajstić information content (AvgIpc) is 2.25. The highest BCUT2D eigenvalue weighted by molar-refractivity contribution is 5.74. The Bertz CT molecular complexity index is 470. The molecular formula is C16H25NO2. The number of aliphatic carboxylic acids is 1. The molecular weight excluding hydrogens is 238 g/mol. The van der Waals surface area contributed by atoms with Gasteiger partial charge in [0.15, 0.2) is 0 Å². The largest absolute Gasteiger partial charge is 0.481 e. The Labute approximate surface area is 116 Å². The van der Waals surface area contributed by atoms with Gasteiger partial charge >= 0.3 is 5.97 Å². The van der Waals surface area contributed by atoms with Crippen molar-refractivity contribution < 1.29 is 9.90 Å². The first-order valence-electron chi connectivity index (χ1n) is 6.62. The van der Waals surface area contributed by atoms with Crippen LogP contribution >= 0.6 is 0 Å². The van der Waals surface area contributed by atoms with Crippen LogP contribution in [0, 0.1) is 12.3 Å². The number of aryl methyl sites for hydroxylation is 1. The van der Waals surface area contributed by atoms with E-state index < -0.39 is 11.4 Å². The van der Waals surface area contributed by atoms with E-state index in [0.29, 0.717) is 6.54 Å². The Hall–Kier alpha value is -1.51. The molecule has 0 aliphatic rings. The Morgan fingerprint density at radius 2 is 1.79 bits per heavy atom. The van der Waals surface area contributed by atoms with Gasteiger partial charge in [0.25, 0.3) is 0 Å². The Morgan fingerprint density at radius 3 is 2.21 bits per heavy atom. The van der Waals surface area contributed by atoms with Gasteiger partial charge in [0, 0.05) is 12.2 Å². The van der Waals surface area contributed by atoms with Crippen LogP contribution in [0.3, 0.4) is 0 Å². The fraction of sp³-hybridized carbons (Fsp3) is 0.562. The molecule has 3 nitrogen and oxygen atoms in total. The molecule has 0 saturated heterocycles. The number of nitrogens with one attached hydrogen (secondary N) is 1. The third kappa shape index (κ3) is 3.98. The lowest BCUT2D eigenvalue weighted by molar-refractivity contribution is -0.146. The summed E-state index contributed by atoms with van der Waals surface area (Å²) < 4.78 is 0. The van der Waals surface area contributed by atoms with Crippen molar-refractivity contribution in [3.63, 3.8) is 0 Å². The zero-order chi connectivity index (χ0) is 14.8. The predicted molar refractivity (Wildman–Crippen MR) is 79.8 cm³/mol. The molecule has 1 aromatic carbocycles. The SMILES string of the molecule is Cc1cc(C(C)(C)C)ccc1NCC(C)(C)C(=O)O. The standard InChI is InChI=1S/C16H25NO2/c1-11-9-12(15(2,3)4)7-8-13(11)17-10-16(5,6)14(18)19/h7-9,17H,10H2,1-6H3,(H,18,19). The maximum Gasteiger partial charge on any atom is 0.310 e. The highest BCUT2D eigenvalue weighted by atomic mass is 16.4. The van der Waals surface area contributed by atoms with Gasteiger partial charge in [-0.2, -0.15) is 0 Å². The molecule has 1 aromatic rings. The van der Waals surface area contributed by atoms with Crippen molar-refractivity contribution in [3.05, 3.63) is 29.3 Å². The van der Waals surface area contributed by atoms with Gasteiger partial charge in [-0.05, 0) is 43.4 Å². The summed E-state index contributed by atoms with van der Waals surface area (Å²) in [5.74, 6) is -0.788. The lowest BCUT2D eigenvalue weighted by Crippen LogP contribution is -2.32. The van der Waals surface area contributed by atoms with Gasteiger partial charge in [0.2, 0.25) is 0 Å². The van der Waals surface area contributed by atoms with Crippen molar-refractivity contribution in [1.29, 1.82) is 0 Å². The second-order valence-corrected chi connectivity index (χ2v) is 6.82. The molecule has 3 heteroatoms. The molecule has 19 heavy (non-hydrogen) atoms. The fourth-order valence-corrected chi connectivity index (χ4v) is 1.72. The van der Waals surface area contributed by atoms with E-state index in [0.717, 1.165) is 11.3 Å². The second-order valence-electron chi connectivity index (χ2n) is 6.82. The Morgan fingerprint density at radius 1 is 1.21 bits per heavy atom. The molecule has 0 radical (unpaired) electrons. The monoisotopic (exact) mass is 263 g/mol. The maximum atomic E-state index is 11.1. The smallest absolute Gasteiger partial charge is 0.310 e. The highest BCUT2D eigenvalue weighted by Gasteiger charge is 2.26. The third-order valence-corrected chi connectivity index (χ3v) is 3.39. The van der Waals surface area contributed by atoms with Crippen molar-refractivity contribution in [2.45, 2.75) is 47.0 Å². The molecule has 0 atom stereocenters. The number of anilines is 1. The second kappa shape index (κ2) is 5.24. The van der Waals surface area contributed by atoms with Crippen LogP contribution in [0.5, 0.6) is 0 Å². The molecule has 0 bridgehead atoms. The van der Waals surface area contributed by atoms with Crippen LogP contribution in [0.25, 0.3) is 0 Å². The van der Waals surface area contributed by atoms with Crippen molar-refractivity contribution in [2.75, 3.05) is 11.9 Å². The van der Waals surface area contributed by atoms with Gasteiger partial charge in [-0.15, -0.1) is 0 Å². The number of rotatable bonds is 4. The number of hydrogen-bond acceptors (Lipinski definition) is 2. The van der Waals surface area contributed by atoms with Crippen LogP contribution in [0.4, 0.5) is 5.69 Å². The fourth-order valence-electron chi connectivity index (χ4n) is 1.72. The molecule has 0 amide bonds. The first-order chi connectivity index (χ1) is 8.54. The Kier molecular flexibility index (Phi) is 4.28. The first-order valence-corrected chi connectivity index (χ1v) is 6.62. The van der Waals surface area contributed by atoms with Crippen molar-refractivity contribution in [2.24, 2.45) is 5.41 Å². The van der Waals surface area contributed by atoms with Crippen molar-refractivity contribution >= 4 is 11.7 Å². The predicted octanol–water partition coefficient (Wildman–Crippen LogP) is 3.82. The van der Waals surface area contributed by atoms with Gasteiger partial charge < -0.3 is 10.4 Å². The number of benzene rings is 1. The van der Waals surface area contributed by atoms with Gasteiger partial charge in [-0.3, -0.25) is 4.79 Å². The molecule has 106 valence electrons. The molecule has 0 heterocycles. The van der Waals surface area contributed by atoms with E-state index in [1.165, 1.54) is 5.56 Å². The van der Waals surface area contributed by atoms with Crippen molar-refractivity contribution in [1.82, 2.24) is 0 Å². The summed E-state index contributed by atoms with van der Waals surface area (Å²) in [6.45, 7) is 12.5. The lowest BCUT2D eigenvalue weighted by Gasteiger charge is -2.23. The van der Waals surface area contributed by atoms with Crippen LogP contribution in [-0.4, -0.2) is 17.6 Å². The van der Waals surface area contributed by atoms with Gasteiger partial charge in [-0.1, -0.05) is 32.9 Å². The van der Waals surface area contributed by atoms with E-state index in [4.69, 9.17) is 5.11 Å². The summed E-state index contributed by atoms with van der Waals surface area (Å²) in [5, 5.41) is 12.3. The van der Waals surface area contributed by atoms with Crippen molar-refractivity contribution in [3.8, 4) is 0 Å². The average molecular weight is 263 g/mol. The third-order valence-electron chi connectivity index (χ3n) is 3.39. The van der Waals surface area contributed by atoms with E-state index in [1.807, 2.05) is 13.0 Å². The summed E-state index contributed by atoms with van der Waals surface area (Å²) in [6, 6.07) is 6.30. The first kappa shape index (κ1) is 15.5. The summed E-state index contributed by atoms with van der Waals surface area (Å²) >= 11 is 0. The molecule has 0 aliphatic heterocycles. The van der Waals surface area contributed by atoms with Gasteiger partial charge in [-0.25, -0.2) is 0 Å². The molecule has 0 aliphatic carbocycles. The van der Waals surface area contributed by atoms with Crippen LogP contribution in [-0.2, 0) is 10.2 Å². The quantitative estimate of drug-likeness (QED) is 0.868. The number of carboxylic acid groups (broad SMARTS) is 1. The lowest BCUT2D eigenvalue weighted by atomic mass is 9.86. The number of carbonyl (C=O) groups is 1. The van der Waals surface area contributed by atoms with Crippen LogP contribution in [0.1, 0.15) is 45.7 Å². The summed E-state index contributed by atoms with van der Waals surface area (Å²) in [5.41, 5.74) is 2.79. The maximum absolute atomic E-state index is 11.1. The summed E-state index contributed by atoms with van der Waals surface area (Å²) in [7, 11) is 0. The molecule has 0 spiro atoms. The summed E-state index contributed by atoms with van der Waals surface area (Å²) in [4.78, 5) is 11.1.